The SMILES string of the molecule is CC1(C)OB(C(COCCO)Cc2ccccc2)OC1(C)C. The molecule has 0 radical (unpaired) electrons. The third kappa shape index (κ3) is 4.10. The molecule has 1 aliphatic rings. The van der Waals surface area contributed by atoms with E-state index in [1.165, 1.54) is 5.56 Å². The predicted octanol–water partition coefficient (Wildman–Crippen LogP) is 2.70. The maximum atomic E-state index is 8.91. The first kappa shape index (κ1) is 17.5. The summed E-state index contributed by atoms with van der Waals surface area (Å²) in [5.74, 6) is 0.0926. The smallest absolute Gasteiger partial charge is 0.403 e. The Balaban J connectivity index is 2.08. The summed E-state index contributed by atoms with van der Waals surface area (Å²) in [6.07, 6.45) is 0.823. The van der Waals surface area contributed by atoms with E-state index in [-0.39, 0.29) is 30.7 Å². The monoisotopic (exact) mass is 306 g/mol. The standard InChI is InChI=1S/C17H27BO4/c1-16(2)17(3,4)22-18(21-16)15(13-20-11-10-19)12-14-8-6-5-7-9-14/h5-9,15,19H,10-13H2,1-4H3. The molecular formula is C17H27BO4. The van der Waals surface area contributed by atoms with Gasteiger partial charge in [0, 0.05) is 12.4 Å². The second-order valence-electron chi connectivity index (χ2n) is 6.87. The van der Waals surface area contributed by atoms with Crippen LogP contribution in [-0.2, 0) is 20.5 Å². The third-order valence-electron chi connectivity index (χ3n) is 4.56. The zero-order valence-electron chi connectivity index (χ0n) is 14.0. The maximum absolute atomic E-state index is 8.91. The second-order valence-corrected chi connectivity index (χ2v) is 6.87. The van der Waals surface area contributed by atoms with Gasteiger partial charge >= 0.3 is 7.12 Å². The zero-order valence-corrected chi connectivity index (χ0v) is 14.0. The Kier molecular flexibility index (Phi) is 5.67. The van der Waals surface area contributed by atoms with E-state index in [1.54, 1.807) is 0 Å². The molecule has 1 N–H and O–H groups in total. The lowest BCUT2D eigenvalue weighted by Crippen LogP contribution is -2.41. The Morgan fingerprint density at radius 3 is 2.23 bits per heavy atom. The van der Waals surface area contributed by atoms with E-state index < -0.39 is 0 Å². The first-order chi connectivity index (χ1) is 10.4. The van der Waals surface area contributed by atoms with Crippen LogP contribution in [0.25, 0.3) is 0 Å². The number of aliphatic hydroxyl groups excluding tert-OH is 1. The van der Waals surface area contributed by atoms with Crippen LogP contribution >= 0.6 is 0 Å². The van der Waals surface area contributed by atoms with Crippen molar-refractivity contribution in [3.8, 4) is 0 Å². The third-order valence-corrected chi connectivity index (χ3v) is 4.56. The minimum atomic E-state index is -0.344. The van der Waals surface area contributed by atoms with Crippen LogP contribution in [0.4, 0.5) is 0 Å². The van der Waals surface area contributed by atoms with E-state index in [2.05, 4.69) is 39.8 Å². The molecule has 1 atom stereocenters. The van der Waals surface area contributed by atoms with Crippen molar-refractivity contribution in [3.63, 3.8) is 0 Å². The molecule has 122 valence electrons. The summed E-state index contributed by atoms with van der Waals surface area (Å²) < 4.78 is 17.9. The predicted molar refractivity (Wildman–Crippen MR) is 87.9 cm³/mol. The summed E-state index contributed by atoms with van der Waals surface area (Å²) in [6, 6.07) is 10.3. The van der Waals surface area contributed by atoms with Gasteiger partial charge in [-0.05, 0) is 39.7 Å². The normalized spacial score (nSPS) is 21.0. The number of ether oxygens (including phenoxy) is 1. The molecule has 1 aromatic rings. The van der Waals surface area contributed by atoms with Crippen LogP contribution in [-0.4, -0.2) is 43.2 Å². The highest BCUT2D eigenvalue weighted by Gasteiger charge is 2.53. The lowest BCUT2D eigenvalue weighted by Gasteiger charge is -2.32. The number of rotatable bonds is 7. The molecule has 0 saturated carbocycles. The average molecular weight is 306 g/mol. The number of benzene rings is 1. The maximum Gasteiger partial charge on any atom is 0.463 e. The summed E-state index contributed by atoms with van der Waals surface area (Å²) in [4.78, 5) is 0. The van der Waals surface area contributed by atoms with Crippen LogP contribution in [0.5, 0.6) is 0 Å². The molecule has 0 aromatic heterocycles. The lowest BCUT2D eigenvalue weighted by molar-refractivity contribution is 0.00578. The fraction of sp³-hybridized carbons (Fsp3) is 0.647. The van der Waals surface area contributed by atoms with Crippen LogP contribution in [0.2, 0.25) is 5.82 Å². The van der Waals surface area contributed by atoms with E-state index in [9.17, 15) is 0 Å². The molecular weight excluding hydrogens is 279 g/mol. The summed E-state index contributed by atoms with van der Waals surface area (Å²) >= 11 is 0. The number of hydrogen-bond donors (Lipinski definition) is 1. The van der Waals surface area contributed by atoms with Crippen molar-refractivity contribution >= 4 is 7.12 Å². The van der Waals surface area contributed by atoms with Crippen LogP contribution in [0.15, 0.2) is 30.3 Å². The minimum absolute atomic E-state index is 0.0292. The van der Waals surface area contributed by atoms with Crippen molar-refractivity contribution in [2.75, 3.05) is 19.8 Å². The van der Waals surface area contributed by atoms with Crippen molar-refractivity contribution in [2.45, 2.75) is 51.1 Å². The zero-order chi connectivity index (χ0) is 16.2. The van der Waals surface area contributed by atoms with Gasteiger partial charge in [-0.25, -0.2) is 0 Å². The van der Waals surface area contributed by atoms with Crippen LogP contribution in [0.1, 0.15) is 33.3 Å². The molecule has 5 heteroatoms. The van der Waals surface area contributed by atoms with E-state index in [0.717, 1.165) is 6.42 Å². The van der Waals surface area contributed by atoms with Crippen LogP contribution < -0.4 is 0 Å². The average Bonchev–Trinajstić information content (AvgIpc) is 2.68. The molecule has 4 nitrogen and oxygen atoms in total. The van der Waals surface area contributed by atoms with Gasteiger partial charge in [-0.1, -0.05) is 30.3 Å². The Bertz CT molecular complexity index is 445. The largest absolute Gasteiger partial charge is 0.463 e. The fourth-order valence-electron chi connectivity index (χ4n) is 2.53. The molecule has 0 amide bonds. The van der Waals surface area contributed by atoms with E-state index in [0.29, 0.717) is 13.2 Å². The highest BCUT2D eigenvalue weighted by Crippen LogP contribution is 2.40. The molecule has 1 fully saturated rings. The molecule has 0 aliphatic carbocycles. The van der Waals surface area contributed by atoms with Crippen LogP contribution in [0, 0.1) is 0 Å². The number of aliphatic hydroxyl groups is 1. The molecule has 2 rings (SSSR count). The summed E-state index contributed by atoms with van der Waals surface area (Å²) in [5, 5.41) is 8.91. The highest BCUT2D eigenvalue weighted by molar-refractivity contribution is 6.47. The van der Waals surface area contributed by atoms with Gasteiger partial charge in [0.2, 0.25) is 0 Å². The lowest BCUT2D eigenvalue weighted by atomic mass is 9.69. The van der Waals surface area contributed by atoms with Gasteiger partial charge < -0.3 is 19.2 Å². The summed E-state index contributed by atoms with van der Waals surface area (Å²) in [7, 11) is -0.302. The quantitative estimate of drug-likeness (QED) is 0.621. The van der Waals surface area contributed by atoms with Gasteiger partial charge in [-0.3, -0.25) is 0 Å². The minimum Gasteiger partial charge on any atom is -0.403 e. The molecule has 0 bridgehead atoms. The van der Waals surface area contributed by atoms with Crippen molar-refractivity contribution in [1.29, 1.82) is 0 Å². The van der Waals surface area contributed by atoms with Gasteiger partial charge in [0.1, 0.15) is 0 Å². The van der Waals surface area contributed by atoms with Gasteiger partial charge in [0.25, 0.3) is 0 Å². The molecule has 1 aliphatic heterocycles. The van der Waals surface area contributed by atoms with Gasteiger partial charge in [-0.15, -0.1) is 0 Å². The first-order valence-electron chi connectivity index (χ1n) is 7.94. The summed E-state index contributed by atoms with van der Waals surface area (Å²) in [6.45, 7) is 9.10. The van der Waals surface area contributed by atoms with Gasteiger partial charge in [0.15, 0.2) is 0 Å². The summed E-state index contributed by atoms with van der Waals surface area (Å²) in [5.41, 5.74) is 0.544. The molecule has 1 unspecified atom stereocenters. The fourth-order valence-corrected chi connectivity index (χ4v) is 2.53. The highest BCUT2D eigenvalue weighted by atomic mass is 16.7. The Morgan fingerprint density at radius 2 is 1.68 bits per heavy atom. The molecule has 1 saturated heterocycles. The van der Waals surface area contributed by atoms with Gasteiger partial charge in [0.05, 0.1) is 24.4 Å². The first-order valence-corrected chi connectivity index (χ1v) is 7.94. The van der Waals surface area contributed by atoms with Crippen molar-refractivity contribution in [3.05, 3.63) is 35.9 Å². The van der Waals surface area contributed by atoms with E-state index in [4.69, 9.17) is 19.2 Å². The van der Waals surface area contributed by atoms with Crippen molar-refractivity contribution in [2.24, 2.45) is 0 Å². The number of hydrogen-bond acceptors (Lipinski definition) is 4. The van der Waals surface area contributed by atoms with Crippen LogP contribution in [0.3, 0.4) is 0 Å². The molecule has 1 heterocycles. The molecule has 22 heavy (non-hydrogen) atoms. The van der Waals surface area contributed by atoms with Crippen molar-refractivity contribution < 1.29 is 19.2 Å². The van der Waals surface area contributed by atoms with E-state index in [1.807, 2.05) is 18.2 Å². The molecule has 0 spiro atoms. The Hall–Kier alpha value is -0.875. The Labute approximate surface area is 133 Å². The van der Waals surface area contributed by atoms with E-state index >= 15 is 0 Å². The van der Waals surface area contributed by atoms with Gasteiger partial charge in [-0.2, -0.15) is 0 Å². The van der Waals surface area contributed by atoms with Crippen molar-refractivity contribution in [1.82, 2.24) is 0 Å². The Morgan fingerprint density at radius 1 is 1.09 bits per heavy atom. The molecule has 1 aromatic carbocycles. The second kappa shape index (κ2) is 7.13. The topological polar surface area (TPSA) is 47.9 Å².